The van der Waals surface area contributed by atoms with Crippen LogP contribution < -0.4 is 5.32 Å². The Morgan fingerprint density at radius 2 is 2.06 bits per heavy atom. The van der Waals surface area contributed by atoms with E-state index in [2.05, 4.69) is 36.3 Å². The molecule has 3 aliphatic rings. The zero-order valence-corrected chi connectivity index (χ0v) is 17.7. The van der Waals surface area contributed by atoms with E-state index in [-0.39, 0.29) is 12.6 Å². The SMILES string of the molecule is Cc1cc(C)c2c(c1)C(N1CNc3c(ncn3[C@@H]3O[C@H](CO)[C@@H](O)[C@H]3O)C1=N)CCC2. The van der Waals surface area contributed by atoms with Crippen molar-refractivity contribution in [1.29, 1.82) is 5.41 Å². The molecule has 1 saturated heterocycles. The van der Waals surface area contributed by atoms with Gasteiger partial charge in [0.15, 0.2) is 12.1 Å². The van der Waals surface area contributed by atoms with Gasteiger partial charge in [0.25, 0.3) is 0 Å². The number of nitrogens with one attached hydrogen (secondary N) is 2. The quantitative estimate of drug-likeness (QED) is 0.498. The van der Waals surface area contributed by atoms with Gasteiger partial charge in [-0.15, -0.1) is 0 Å². The molecule has 2 aliphatic heterocycles. The summed E-state index contributed by atoms with van der Waals surface area (Å²) < 4.78 is 7.25. The molecule has 5 rings (SSSR count). The van der Waals surface area contributed by atoms with Crippen molar-refractivity contribution in [2.75, 3.05) is 18.6 Å². The van der Waals surface area contributed by atoms with Crippen molar-refractivity contribution in [2.24, 2.45) is 0 Å². The lowest BCUT2D eigenvalue weighted by atomic mass is 9.83. The topological polar surface area (TPSA) is 127 Å². The van der Waals surface area contributed by atoms with Crippen LogP contribution in [0.4, 0.5) is 5.82 Å². The van der Waals surface area contributed by atoms with Crippen LogP contribution in [0.2, 0.25) is 0 Å². The first-order chi connectivity index (χ1) is 14.9. The molecular formula is C22H29N5O4. The highest BCUT2D eigenvalue weighted by atomic mass is 16.6. The fourth-order valence-electron chi connectivity index (χ4n) is 5.27. The van der Waals surface area contributed by atoms with Gasteiger partial charge in [0.1, 0.15) is 29.8 Å². The maximum atomic E-state index is 10.4. The number of benzene rings is 1. The Balaban J connectivity index is 1.45. The summed E-state index contributed by atoms with van der Waals surface area (Å²) in [6, 6.07) is 4.57. The first kappa shape index (κ1) is 20.4. The summed E-state index contributed by atoms with van der Waals surface area (Å²) >= 11 is 0. The molecule has 9 heteroatoms. The summed E-state index contributed by atoms with van der Waals surface area (Å²) in [7, 11) is 0. The minimum absolute atomic E-state index is 0.106. The van der Waals surface area contributed by atoms with Gasteiger partial charge < -0.3 is 30.3 Å². The standard InChI is InChI=1S/C22H29N5O4/c1-11-6-12(2)13-4-3-5-15(14(13)7-11)26-10-25-21-17(20(26)23)24-9-27(21)22-19(30)18(29)16(8-28)31-22/h6-7,9,15-16,18-19,22-23,25,28-30H,3-5,8,10H2,1-2H3/t15?,16-,18-,19-,22-/m1/s1. The van der Waals surface area contributed by atoms with E-state index in [1.807, 2.05) is 4.90 Å². The molecular weight excluding hydrogens is 398 g/mol. The predicted octanol–water partition coefficient (Wildman–Crippen LogP) is 1.20. The number of aromatic nitrogens is 2. The number of rotatable bonds is 3. The molecule has 2 aromatic rings. The van der Waals surface area contributed by atoms with E-state index in [0.717, 1.165) is 19.3 Å². The van der Waals surface area contributed by atoms with Gasteiger partial charge in [0.2, 0.25) is 0 Å². The normalized spacial score (nSPS) is 30.2. The van der Waals surface area contributed by atoms with Crippen LogP contribution in [0.15, 0.2) is 18.5 Å². The Hall–Kier alpha value is -2.46. The summed E-state index contributed by atoms with van der Waals surface area (Å²) in [5.41, 5.74) is 5.71. The molecule has 1 aromatic heterocycles. The molecule has 0 saturated carbocycles. The average Bonchev–Trinajstić information content (AvgIpc) is 3.30. The molecule has 5 N–H and O–H groups in total. The van der Waals surface area contributed by atoms with Crippen LogP contribution in [0.25, 0.3) is 0 Å². The van der Waals surface area contributed by atoms with Crippen LogP contribution in [-0.2, 0) is 11.2 Å². The number of ether oxygens (including phenoxy) is 1. The van der Waals surface area contributed by atoms with Gasteiger partial charge in [-0.3, -0.25) is 9.98 Å². The van der Waals surface area contributed by atoms with Crippen LogP contribution in [0, 0.1) is 19.3 Å². The van der Waals surface area contributed by atoms with Crippen molar-refractivity contribution >= 4 is 11.7 Å². The van der Waals surface area contributed by atoms with Crippen molar-refractivity contribution in [2.45, 2.75) is 63.7 Å². The molecule has 166 valence electrons. The Morgan fingerprint density at radius 3 is 2.81 bits per heavy atom. The molecule has 1 fully saturated rings. The molecule has 1 aromatic carbocycles. The van der Waals surface area contributed by atoms with E-state index in [0.29, 0.717) is 24.0 Å². The molecule has 31 heavy (non-hydrogen) atoms. The zero-order valence-electron chi connectivity index (χ0n) is 17.7. The smallest absolute Gasteiger partial charge is 0.165 e. The second-order valence-corrected chi connectivity index (χ2v) is 8.79. The second kappa shape index (κ2) is 7.59. The fraction of sp³-hybridized carbons (Fsp3) is 0.545. The third kappa shape index (κ3) is 3.15. The van der Waals surface area contributed by atoms with E-state index in [9.17, 15) is 15.3 Å². The van der Waals surface area contributed by atoms with Gasteiger partial charge in [-0.1, -0.05) is 17.7 Å². The summed E-state index contributed by atoms with van der Waals surface area (Å²) in [6.07, 6.45) is 0.522. The molecule has 1 aliphatic carbocycles. The number of nitrogens with zero attached hydrogens (tertiary/aromatic N) is 3. The maximum absolute atomic E-state index is 10.4. The summed E-state index contributed by atoms with van der Waals surface area (Å²) in [5.74, 6) is 0.906. The van der Waals surface area contributed by atoms with Crippen molar-refractivity contribution in [3.05, 3.63) is 46.4 Å². The number of fused-ring (bicyclic) bond motifs is 2. The minimum atomic E-state index is -1.19. The van der Waals surface area contributed by atoms with Crippen LogP contribution in [0.3, 0.4) is 0 Å². The third-order valence-corrected chi connectivity index (χ3v) is 6.80. The van der Waals surface area contributed by atoms with E-state index >= 15 is 0 Å². The van der Waals surface area contributed by atoms with Gasteiger partial charge >= 0.3 is 0 Å². The van der Waals surface area contributed by atoms with E-state index in [1.54, 1.807) is 4.57 Å². The van der Waals surface area contributed by atoms with E-state index in [1.165, 1.54) is 28.6 Å². The van der Waals surface area contributed by atoms with Gasteiger partial charge in [-0.25, -0.2) is 4.98 Å². The first-order valence-electron chi connectivity index (χ1n) is 10.8. The van der Waals surface area contributed by atoms with Gasteiger partial charge in [-0.2, -0.15) is 0 Å². The molecule has 9 nitrogen and oxygen atoms in total. The zero-order chi connectivity index (χ0) is 21.9. The minimum Gasteiger partial charge on any atom is -0.394 e. The number of aliphatic hydroxyl groups excluding tert-OH is 3. The van der Waals surface area contributed by atoms with E-state index < -0.39 is 24.5 Å². The predicted molar refractivity (Wildman–Crippen MR) is 114 cm³/mol. The lowest BCUT2D eigenvalue weighted by Crippen LogP contribution is -2.44. The number of hydrogen-bond acceptors (Lipinski definition) is 7. The molecule has 0 spiro atoms. The number of aryl methyl sites for hydroxylation is 2. The van der Waals surface area contributed by atoms with Gasteiger partial charge in [0, 0.05) is 0 Å². The lowest BCUT2D eigenvalue weighted by molar-refractivity contribution is -0.0519. The van der Waals surface area contributed by atoms with Crippen molar-refractivity contribution in [3.8, 4) is 0 Å². The second-order valence-electron chi connectivity index (χ2n) is 8.79. The number of amidine groups is 1. The fourth-order valence-corrected chi connectivity index (χ4v) is 5.27. The molecule has 3 heterocycles. The number of anilines is 1. The third-order valence-electron chi connectivity index (χ3n) is 6.80. The Bertz CT molecular complexity index is 1020. The number of aliphatic hydroxyl groups is 3. The molecule has 1 unspecified atom stereocenters. The molecule has 0 amide bonds. The Kier molecular flexibility index (Phi) is 5.01. The highest BCUT2D eigenvalue weighted by molar-refractivity contribution is 6.00. The van der Waals surface area contributed by atoms with Crippen LogP contribution in [0.1, 0.15) is 53.1 Å². The first-order valence-corrected chi connectivity index (χ1v) is 10.8. The highest BCUT2D eigenvalue weighted by Gasteiger charge is 2.45. The molecule has 5 atom stereocenters. The van der Waals surface area contributed by atoms with Gasteiger partial charge in [0.05, 0.1) is 25.6 Å². The lowest BCUT2D eigenvalue weighted by Gasteiger charge is -2.40. The molecule has 0 bridgehead atoms. The summed E-state index contributed by atoms with van der Waals surface area (Å²) in [5, 5.41) is 42.1. The van der Waals surface area contributed by atoms with Crippen LogP contribution >= 0.6 is 0 Å². The van der Waals surface area contributed by atoms with Gasteiger partial charge in [-0.05, 0) is 49.8 Å². The van der Waals surface area contributed by atoms with Crippen molar-refractivity contribution in [1.82, 2.24) is 14.5 Å². The number of hydrogen-bond donors (Lipinski definition) is 5. The maximum Gasteiger partial charge on any atom is 0.165 e. The van der Waals surface area contributed by atoms with Crippen molar-refractivity contribution in [3.63, 3.8) is 0 Å². The van der Waals surface area contributed by atoms with Crippen LogP contribution in [-0.4, -0.2) is 67.2 Å². The molecule has 0 radical (unpaired) electrons. The summed E-state index contributed by atoms with van der Waals surface area (Å²) in [6.45, 7) is 4.32. The average molecular weight is 428 g/mol. The monoisotopic (exact) mass is 427 g/mol. The Labute approximate surface area is 180 Å². The van der Waals surface area contributed by atoms with Crippen LogP contribution in [0.5, 0.6) is 0 Å². The Morgan fingerprint density at radius 1 is 1.26 bits per heavy atom. The summed E-state index contributed by atoms with van der Waals surface area (Å²) in [4.78, 5) is 6.48. The van der Waals surface area contributed by atoms with Crippen molar-refractivity contribution < 1.29 is 20.1 Å². The number of imidazole rings is 1. The van der Waals surface area contributed by atoms with E-state index in [4.69, 9.17) is 10.1 Å². The highest BCUT2D eigenvalue weighted by Crippen LogP contribution is 2.40. The largest absolute Gasteiger partial charge is 0.394 e.